The third kappa shape index (κ3) is 6.34. The van der Waals surface area contributed by atoms with Gasteiger partial charge in [-0.25, -0.2) is 0 Å². The van der Waals surface area contributed by atoms with E-state index in [9.17, 15) is 0 Å². The number of nitrogens with zero attached hydrogens (tertiary/aromatic N) is 2. The van der Waals surface area contributed by atoms with Crippen LogP contribution >= 0.6 is 11.3 Å². The predicted molar refractivity (Wildman–Crippen MR) is 253 cm³/mol. The summed E-state index contributed by atoms with van der Waals surface area (Å²) in [4.78, 5) is 4.97. The van der Waals surface area contributed by atoms with Gasteiger partial charge in [0.25, 0.3) is 0 Å². The first-order chi connectivity index (χ1) is 29.2. The second-order valence-electron chi connectivity index (χ2n) is 16.0. The van der Waals surface area contributed by atoms with E-state index in [4.69, 9.17) is 0 Å². The highest BCUT2D eigenvalue weighted by Crippen LogP contribution is 2.52. The molecule has 8 aromatic rings. The lowest BCUT2D eigenvalue weighted by Crippen LogP contribution is -2.30. The monoisotopic (exact) mass is 776 g/mol. The van der Waals surface area contributed by atoms with Gasteiger partial charge in [-0.15, -0.1) is 11.3 Å². The molecule has 2 nitrogen and oxygen atoms in total. The van der Waals surface area contributed by atoms with Crippen LogP contribution < -0.4 is 9.80 Å². The van der Waals surface area contributed by atoms with Gasteiger partial charge in [-0.1, -0.05) is 140 Å². The number of para-hydroxylation sites is 2. The maximum atomic E-state index is 2.50. The molecule has 2 heterocycles. The van der Waals surface area contributed by atoms with E-state index in [0.717, 1.165) is 36.3 Å². The Morgan fingerprint density at radius 3 is 2.19 bits per heavy atom. The Kier molecular flexibility index (Phi) is 8.97. The van der Waals surface area contributed by atoms with Crippen LogP contribution in [0, 0.1) is 5.92 Å². The summed E-state index contributed by atoms with van der Waals surface area (Å²) in [6.45, 7) is 2.41. The third-order valence-corrected chi connectivity index (χ3v) is 13.7. The van der Waals surface area contributed by atoms with Crippen LogP contribution in [-0.4, -0.2) is 0 Å². The van der Waals surface area contributed by atoms with E-state index in [0.29, 0.717) is 11.8 Å². The molecule has 2 aliphatic carbocycles. The molecule has 1 aliphatic heterocycles. The maximum Gasteiger partial charge on any atom is 0.0540 e. The van der Waals surface area contributed by atoms with E-state index in [1.165, 1.54) is 76.2 Å². The number of thiophene rings is 1. The minimum Gasteiger partial charge on any atom is -0.314 e. The van der Waals surface area contributed by atoms with Gasteiger partial charge in [-0.05, 0) is 125 Å². The van der Waals surface area contributed by atoms with Crippen molar-refractivity contribution in [3.05, 3.63) is 223 Å². The SMILES string of the molecule is C[C@H]1C2=CC(c3ccc(N(c4ccc(C5=CC=CCC5)cc4)c4ccc5c(c4)sc4ccccc45)c(-c4ccccc4)c3)=CCC1c1ccccc1N2c1ccccc1. The van der Waals surface area contributed by atoms with Crippen LogP contribution in [-0.2, 0) is 0 Å². The number of rotatable bonds is 7. The lowest BCUT2D eigenvalue weighted by atomic mass is 9.78. The van der Waals surface area contributed by atoms with E-state index in [2.05, 4.69) is 217 Å². The zero-order valence-electron chi connectivity index (χ0n) is 33.1. The first kappa shape index (κ1) is 35.5. The number of benzene rings is 7. The van der Waals surface area contributed by atoms with Gasteiger partial charge in [0.1, 0.15) is 0 Å². The van der Waals surface area contributed by atoms with Crippen molar-refractivity contribution in [3.8, 4) is 11.1 Å². The van der Waals surface area contributed by atoms with Gasteiger partial charge in [0.15, 0.2) is 0 Å². The van der Waals surface area contributed by atoms with E-state index < -0.39 is 0 Å². The highest BCUT2D eigenvalue weighted by atomic mass is 32.1. The second-order valence-corrected chi connectivity index (χ2v) is 17.1. The molecular weight excluding hydrogens is 733 g/mol. The minimum absolute atomic E-state index is 0.356. The Hall–Kier alpha value is -6.68. The molecule has 284 valence electrons. The zero-order chi connectivity index (χ0) is 39.3. The summed E-state index contributed by atoms with van der Waals surface area (Å²) in [6.07, 6.45) is 14.8. The molecule has 1 unspecified atom stereocenters. The van der Waals surface area contributed by atoms with Crippen LogP contribution in [0.15, 0.2) is 206 Å². The summed E-state index contributed by atoms with van der Waals surface area (Å²) >= 11 is 1.87. The fourth-order valence-electron chi connectivity index (χ4n) is 9.60. The molecular formula is C56H44N2S. The molecule has 2 atom stereocenters. The predicted octanol–water partition coefficient (Wildman–Crippen LogP) is 16.2. The van der Waals surface area contributed by atoms with Crippen molar-refractivity contribution in [2.75, 3.05) is 9.80 Å². The quantitative estimate of drug-likeness (QED) is 0.159. The Morgan fingerprint density at radius 2 is 1.36 bits per heavy atom. The van der Waals surface area contributed by atoms with Gasteiger partial charge in [0, 0.05) is 60.1 Å². The molecule has 59 heavy (non-hydrogen) atoms. The molecule has 0 N–H and O–H groups in total. The van der Waals surface area contributed by atoms with Gasteiger partial charge >= 0.3 is 0 Å². The average Bonchev–Trinajstić information content (AvgIpc) is 3.62. The van der Waals surface area contributed by atoms with Crippen molar-refractivity contribution < 1.29 is 0 Å². The highest BCUT2D eigenvalue weighted by molar-refractivity contribution is 7.25. The Morgan fingerprint density at radius 1 is 0.627 bits per heavy atom. The standard InChI is InChI=1S/C56H44N2S/c1-38-47-32-27-43(36-54(38)58(44-19-9-4-10-20-44)52-23-13-11-21-48(47)52)42-28-34-53(51(35-42)41-17-7-3-8-18-41)57(45-29-25-40(26-30-45)39-15-5-2-6-16-39)46-31-33-50-49-22-12-14-24-55(49)59-56(50)37-46/h2-5,7-15,17-31,33-38,47H,6,16,32H2,1H3/t38-,47?/m1/s1. The summed E-state index contributed by atoms with van der Waals surface area (Å²) in [5.74, 6) is 0.764. The lowest BCUT2D eigenvalue weighted by Gasteiger charge is -2.41. The van der Waals surface area contributed by atoms with E-state index in [1.54, 1.807) is 0 Å². The van der Waals surface area contributed by atoms with Crippen LogP contribution in [0.5, 0.6) is 0 Å². The fraction of sp³-hybridized carbons (Fsp3) is 0.107. The van der Waals surface area contributed by atoms with Crippen molar-refractivity contribution in [1.29, 1.82) is 0 Å². The number of allylic oxidation sites excluding steroid dienone is 8. The smallest absolute Gasteiger partial charge is 0.0540 e. The minimum atomic E-state index is 0.356. The van der Waals surface area contributed by atoms with Crippen molar-refractivity contribution in [3.63, 3.8) is 0 Å². The first-order valence-corrected chi connectivity index (χ1v) is 21.7. The van der Waals surface area contributed by atoms with Gasteiger partial charge in [0.05, 0.1) is 5.69 Å². The molecule has 0 spiro atoms. The molecule has 3 heteroatoms. The van der Waals surface area contributed by atoms with Gasteiger partial charge < -0.3 is 9.80 Å². The summed E-state index contributed by atoms with van der Waals surface area (Å²) in [7, 11) is 0. The van der Waals surface area contributed by atoms with Crippen LogP contribution in [0.1, 0.15) is 48.8 Å². The Labute approximate surface area is 351 Å². The molecule has 0 fully saturated rings. The maximum absolute atomic E-state index is 2.50. The van der Waals surface area contributed by atoms with Gasteiger partial charge in [0.2, 0.25) is 0 Å². The summed E-state index contributed by atoms with van der Waals surface area (Å²) in [6, 6.07) is 63.0. The van der Waals surface area contributed by atoms with Gasteiger partial charge in [-0.2, -0.15) is 0 Å². The first-order valence-electron chi connectivity index (χ1n) is 20.9. The largest absolute Gasteiger partial charge is 0.314 e. The van der Waals surface area contributed by atoms with Gasteiger partial charge in [-0.3, -0.25) is 0 Å². The number of hydrogen-bond acceptors (Lipinski definition) is 3. The van der Waals surface area contributed by atoms with E-state index in [1.807, 2.05) is 11.3 Å². The Bertz CT molecular complexity index is 2980. The third-order valence-electron chi connectivity index (χ3n) is 12.6. The zero-order valence-corrected chi connectivity index (χ0v) is 33.9. The van der Waals surface area contributed by atoms with E-state index >= 15 is 0 Å². The molecule has 0 radical (unpaired) electrons. The topological polar surface area (TPSA) is 6.48 Å². The highest BCUT2D eigenvalue weighted by Gasteiger charge is 2.36. The van der Waals surface area contributed by atoms with E-state index in [-0.39, 0.29) is 0 Å². The normalized spacial score (nSPS) is 17.2. The summed E-state index contributed by atoms with van der Waals surface area (Å²) in [5.41, 5.74) is 16.3. The van der Waals surface area contributed by atoms with Crippen LogP contribution in [0.3, 0.4) is 0 Å². The molecule has 7 aromatic carbocycles. The molecule has 11 rings (SSSR count). The van der Waals surface area contributed by atoms with Crippen molar-refractivity contribution in [1.82, 2.24) is 0 Å². The second kappa shape index (κ2) is 14.9. The van der Waals surface area contributed by atoms with Crippen LogP contribution in [0.25, 0.3) is 42.4 Å². The average molecular weight is 777 g/mol. The molecule has 3 aliphatic rings. The van der Waals surface area contributed by atoms with Crippen LogP contribution in [0.4, 0.5) is 28.4 Å². The molecule has 0 amide bonds. The number of hydrogen-bond donors (Lipinski definition) is 0. The fourth-order valence-corrected chi connectivity index (χ4v) is 10.7. The van der Waals surface area contributed by atoms with Crippen molar-refractivity contribution >= 4 is 71.1 Å². The van der Waals surface area contributed by atoms with Crippen molar-refractivity contribution in [2.45, 2.75) is 32.1 Å². The molecule has 0 saturated carbocycles. The number of fused-ring (bicyclic) bond motifs is 7. The molecule has 1 aromatic heterocycles. The molecule has 0 saturated heterocycles. The van der Waals surface area contributed by atoms with Crippen LogP contribution in [0.2, 0.25) is 0 Å². The lowest BCUT2D eigenvalue weighted by molar-refractivity contribution is 0.507. The summed E-state index contributed by atoms with van der Waals surface area (Å²) in [5, 5.41) is 2.62. The number of anilines is 5. The molecule has 2 bridgehead atoms. The Balaban J connectivity index is 1.08. The van der Waals surface area contributed by atoms with Crippen molar-refractivity contribution in [2.24, 2.45) is 5.92 Å². The summed E-state index contributed by atoms with van der Waals surface area (Å²) < 4.78 is 2.61.